The molecule has 2 amide bonds. The Balaban J connectivity index is 1.62. The van der Waals surface area contributed by atoms with Crippen LogP contribution in [0.15, 0.2) is 23.2 Å². The Labute approximate surface area is 150 Å². The van der Waals surface area contributed by atoms with Crippen molar-refractivity contribution in [1.82, 2.24) is 5.32 Å². The van der Waals surface area contributed by atoms with E-state index < -0.39 is 27.9 Å². The number of amides is 2. The summed E-state index contributed by atoms with van der Waals surface area (Å²) in [5.41, 5.74) is -1.06. The molecule has 1 aliphatic carbocycles. The quantitative estimate of drug-likeness (QED) is 0.826. The van der Waals surface area contributed by atoms with Crippen LogP contribution in [-0.4, -0.2) is 28.3 Å². The van der Waals surface area contributed by atoms with Gasteiger partial charge in [-0.25, -0.2) is 0 Å². The molecule has 2 N–H and O–H groups in total. The molecule has 25 heavy (non-hydrogen) atoms. The molecule has 1 heterocycles. The second kappa shape index (κ2) is 6.87. The van der Waals surface area contributed by atoms with Crippen molar-refractivity contribution in [2.24, 2.45) is 4.99 Å². The molecule has 134 valence electrons. The van der Waals surface area contributed by atoms with E-state index in [4.69, 9.17) is 11.6 Å². The summed E-state index contributed by atoms with van der Waals surface area (Å²) >= 11 is 6.70. The van der Waals surface area contributed by atoms with E-state index in [1.54, 1.807) is 0 Å². The Morgan fingerprint density at radius 3 is 2.76 bits per heavy atom. The van der Waals surface area contributed by atoms with Crippen LogP contribution < -0.4 is 10.6 Å². The minimum absolute atomic E-state index is 0.0306. The predicted molar refractivity (Wildman–Crippen MR) is 89.7 cm³/mol. The summed E-state index contributed by atoms with van der Waals surface area (Å²) < 4.78 is 38.5. The summed E-state index contributed by atoms with van der Waals surface area (Å²) in [4.78, 5) is 28.2. The third kappa shape index (κ3) is 4.66. The molecule has 0 bridgehead atoms. The number of carbonyl (C=O) groups is 2. The summed E-state index contributed by atoms with van der Waals surface area (Å²) in [5, 5.41) is 4.38. The minimum Gasteiger partial charge on any atom is -0.326 e. The molecule has 1 atom stereocenters. The fourth-order valence-corrected chi connectivity index (χ4v) is 3.44. The van der Waals surface area contributed by atoms with Crippen molar-refractivity contribution < 1.29 is 22.8 Å². The lowest BCUT2D eigenvalue weighted by Gasteiger charge is -2.12. The van der Waals surface area contributed by atoms with Crippen molar-refractivity contribution in [2.45, 2.75) is 36.7 Å². The molecule has 2 fully saturated rings. The van der Waals surface area contributed by atoms with Crippen molar-refractivity contribution in [3.63, 3.8) is 0 Å². The maximum atomic E-state index is 12.8. The van der Waals surface area contributed by atoms with Crippen LogP contribution in [0.4, 0.5) is 18.9 Å². The van der Waals surface area contributed by atoms with Gasteiger partial charge in [-0.15, -0.1) is 0 Å². The molecule has 1 saturated carbocycles. The monoisotopic (exact) mass is 391 g/mol. The maximum absolute atomic E-state index is 12.8. The standard InChI is InChI=1S/C15H13ClF3N3O2S/c16-10-4-3-8(5-9(10)15(17,18)19)20-12(23)6-11-13(24)22-14(25-11)21-7-1-2-7/h3-5,7,11H,1-2,6H2,(H,20,23)(H,21,22,24)/t11-/m1/s1. The first kappa shape index (κ1) is 18.1. The van der Waals surface area contributed by atoms with E-state index in [1.807, 2.05) is 0 Å². The van der Waals surface area contributed by atoms with E-state index in [0.29, 0.717) is 5.17 Å². The molecule has 1 aromatic rings. The average Bonchev–Trinajstić information content (AvgIpc) is 3.24. The van der Waals surface area contributed by atoms with Crippen LogP contribution in [0.2, 0.25) is 5.02 Å². The lowest BCUT2D eigenvalue weighted by molar-refractivity contribution is -0.137. The SMILES string of the molecule is O=C(C[C@H]1SC(=NC2CC2)NC1=O)Nc1ccc(Cl)c(C(F)(F)F)c1. The number of nitrogens with one attached hydrogen (secondary N) is 2. The number of anilines is 1. The molecule has 1 aromatic carbocycles. The number of hydrogen-bond donors (Lipinski definition) is 2. The summed E-state index contributed by atoms with van der Waals surface area (Å²) in [6.45, 7) is 0. The molecule has 3 rings (SSSR count). The molecule has 0 aromatic heterocycles. The lowest BCUT2D eigenvalue weighted by Crippen LogP contribution is -2.28. The zero-order valence-corrected chi connectivity index (χ0v) is 14.3. The molecule has 0 unspecified atom stereocenters. The van der Waals surface area contributed by atoms with Crippen LogP contribution in [0.1, 0.15) is 24.8 Å². The highest BCUT2D eigenvalue weighted by Crippen LogP contribution is 2.36. The van der Waals surface area contributed by atoms with Crippen LogP contribution in [-0.2, 0) is 15.8 Å². The van der Waals surface area contributed by atoms with E-state index in [0.717, 1.165) is 36.7 Å². The van der Waals surface area contributed by atoms with Crippen molar-refractivity contribution in [3.8, 4) is 0 Å². The zero-order chi connectivity index (χ0) is 18.2. The van der Waals surface area contributed by atoms with Crippen LogP contribution in [0, 0.1) is 0 Å². The molecular weight excluding hydrogens is 379 g/mol. The minimum atomic E-state index is -4.62. The van der Waals surface area contributed by atoms with Gasteiger partial charge in [-0.05, 0) is 31.0 Å². The summed E-state index contributed by atoms with van der Waals surface area (Å²) in [6.07, 6.45) is -2.80. The van der Waals surface area contributed by atoms with Gasteiger partial charge >= 0.3 is 6.18 Å². The van der Waals surface area contributed by atoms with Gasteiger partial charge in [0.25, 0.3) is 0 Å². The molecule has 10 heteroatoms. The summed E-state index contributed by atoms with van der Waals surface area (Å²) in [6, 6.07) is 3.35. The molecule has 0 spiro atoms. The Morgan fingerprint density at radius 2 is 2.12 bits per heavy atom. The second-order valence-electron chi connectivity index (χ2n) is 5.71. The zero-order valence-electron chi connectivity index (χ0n) is 12.7. The number of hydrogen-bond acceptors (Lipinski definition) is 4. The highest BCUT2D eigenvalue weighted by atomic mass is 35.5. The third-order valence-corrected chi connectivity index (χ3v) is 4.98. The van der Waals surface area contributed by atoms with Gasteiger partial charge < -0.3 is 10.6 Å². The summed E-state index contributed by atoms with van der Waals surface area (Å²) in [5.74, 6) is -0.887. The van der Waals surface area contributed by atoms with Gasteiger partial charge in [0.05, 0.1) is 16.6 Å². The number of benzene rings is 1. The second-order valence-corrected chi connectivity index (χ2v) is 7.30. The van der Waals surface area contributed by atoms with Crippen LogP contribution >= 0.6 is 23.4 Å². The van der Waals surface area contributed by atoms with E-state index in [9.17, 15) is 22.8 Å². The Morgan fingerprint density at radius 1 is 1.40 bits per heavy atom. The molecule has 1 aliphatic heterocycles. The van der Waals surface area contributed by atoms with Gasteiger partial charge in [-0.3, -0.25) is 14.6 Å². The number of thioether (sulfide) groups is 1. The number of alkyl halides is 3. The highest BCUT2D eigenvalue weighted by Gasteiger charge is 2.35. The normalized spacial score (nSPS) is 22.2. The van der Waals surface area contributed by atoms with Crippen LogP contribution in [0.5, 0.6) is 0 Å². The van der Waals surface area contributed by atoms with Crippen LogP contribution in [0.25, 0.3) is 0 Å². The number of amidine groups is 1. The lowest BCUT2D eigenvalue weighted by atomic mass is 10.2. The molecule has 1 saturated heterocycles. The number of aliphatic imine (C=N–C) groups is 1. The van der Waals surface area contributed by atoms with Gasteiger partial charge in [0.15, 0.2) is 5.17 Å². The smallest absolute Gasteiger partial charge is 0.326 e. The average molecular weight is 392 g/mol. The van der Waals surface area contributed by atoms with E-state index in [1.165, 1.54) is 6.07 Å². The number of halogens is 4. The van der Waals surface area contributed by atoms with Crippen molar-refractivity contribution in [1.29, 1.82) is 0 Å². The van der Waals surface area contributed by atoms with Gasteiger partial charge in [0, 0.05) is 12.1 Å². The first-order valence-corrected chi connectivity index (χ1v) is 8.70. The third-order valence-electron chi connectivity index (χ3n) is 3.55. The molecule has 5 nitrogen and oxygen atoms in total. The number of rotatable bonds is 4. The topological polar surface area (TPSA) is 70.6 Å². The van der Waals surface area contributed by atoms with Crippen LogP contribution in [0.3, 0.4) is 0 Å². The fourth-order valence-electron chi connectivity index (χ4n) is 2.17. The number of carbonyl (C=O) groups excluding carboxylic acids is 2. The maximum Gasteiger partial charge on any atom is 0.417 e. The Hall–Kier alpha value is -1.74. The molecule has 0 radical (unpaired) electrons. The van der Waals surface area contributed by atoms with E-state index in [-0.39, 0.29) is 24.1 Å². The molecular formula is C15H13ClF3N3O2S. The first-order valence-electron chi connectivity index (χ1n) is 7.44. The molecule has 2 aliphatic rings. The Bertz CT molecular complexity index is 750. The van der Waals surface area contributed by atoms with Gasteiger partial charge in [0.2, 0.25) is 11.8 Å². The fraction of sp³-hybridized carbons (Fsp3) is 0.400. The predicted octanol–water partition coefficient (Wildman–Crippen LogP) is 3.44. The highest BCUT2D eigenvalue weighted by molar-refractivity contribution is 8.15. The summed E-state index contributed by atoms with van der Waals surface area (Å²) in [7, 11) is 0. The van der Waals surface area contributed by atoms with E-state index >= 15 is 0 Å². The largest absolute Gasteiger partial charge is 0.417 e. The van der Waals surface area contributed by atoms with Crippen molar-refractivity contribution >= 4 is 46.0 Å². The van der Waals surface area contributed by atoms with Crippen molar-refractivity contribution in [3.05, 3.63) is 28.8 Å². The van der Waals surface area contributed by atoms with Gasteiger partial charge in [-0.2, -0.15) is 13.2 Å². The van der Waals surface area contributed by atoms with E-state index in [2.05, 4.69) is 15.6 Å². The Kier molecular flexibility index (Phi) is 4.97. The van der Waals surface area contributed by atoms with Gasteiger partial charge in [0.1, 0.15) is 5.25 Å². The number of nitrogens with zero attached hydrogens (tertiary/aromatic N) is 1. The first-order chi connectivity index (χ1) is 11.7. The van der Waals surface area contributed by atoms with Crippen molar-refractivity contribution in [2.75, 3.05) is 5.32 Å². The van der Waals surface area contributed by atoms with Gasteiger partial charge in [-0.1, -0.05) is 23.4 Å².